The molecule has 2 heteroatoms. The van der Waals surface area contributed by atoms with Crippen LogP contribution in [0.3, 0.4) is 0 Å². The molecule has 0 aromatic heterocycles. The van der Waals surface area contributed by atoms with E-state index in [1.54, 1.807) is 17.3 Å². The molecule has 0 unspecified atom stereocenters. The Kier molecular flexibility index (Phi) is 5.03. The number of aliphatic imine (C=N–C) groups is 1. The number of nitrogens with zero attached hydrogens (tertiary/aromatic N) is 1. The smallest absolute Gasteiger partial charge is 0.0640 e. The van der Waals surface area contributed by atoms with Gasteiger partial charge in [0.2, 0.25) is 0 Å². The zero-order chi connectivity index (χ0) is 7.98. The van der Waals surface area contributed by atoms with Crippen molar-refractivity contribution in [1.29, 1.82) is 0 Å². The molecule has 10 heavy (non-hydrogen) atoms. The molecule has 0 aliphatic heterocycles. The average molecular weight is 155 g/mol. The van der Waals surface area contributed by atoms with Crippen LogP contribution in [0, 0.1) is 5.92 Å². The largest absolute Gasteiger partial charge is 0.258 e. The van der Waals surface area contributed by atoms with Crippen LogP contribution in [0.2, 0.25) is 0 Å². The fraction of sp³-hybridized carbons (Fsp3) is 0.375. The highest BCUT2D eigenvalue weighted by Gasteiger charge is 1.96. The molecule has 0 spiro atoms. The van der Waals surface area contributed by atoms with Crippen LogP contribution in [0.15, 0.2) is 29.3 Å². The summed E-state index contributed by atoms with van der Waals surface area (Å²) in [5.41, 5.74) is 1.75. The first-order valence-electron chi connectivity index (χ1n) is 3.16. The second kappa shape index (κ2) is 5.30. The minimum atomic E-state index is 0.515. The van der Waals surface area contributed by atoms with E-state index >= 15 is 0 Å². The van der Waals surface area contributed by atoms with Crippen molar-refractivity contribution in [3.8, 4) is 0 Å². The average Bonchev–Trinajstić information content (AvgIpc) is 1.88. The highest BCUT2D eigenvalue weighted by Crippen LogP contribution is 2.18. The Morgan fingerprint density at radius 3 is 2.60 bits per heavy atom. The Hall–Kier alpha value is -0.500. The summed E-state index contributed by atoms with van der Waals surface area (Å²) in [5, 5.41) is 0. The van der Waals surface area contributed by atoms with Crippen LogP contribution in [0.5, 0.6) is 0 Å². The van der Waals surface area contributed by atoms with Gasteiger partial charge in [0.25, 0.3) is 0 Å². The van der Waals surface area contributed by atoms with E-state index in [-0.39, 0.29) is 0 Å². The van der Waals surface area contributed by atoms with Crippen LogP contribution < -0.4 is 0 Å². The lowest BCUT2D eigenvalue weighted by molar-refractivity contribution is 0.821. The first kappa shape index (κ1) is 9.50. The van der Waals surface area contributed by atoms with Crippen molar-refractivity contribution in [2.24, 2.45) is 10.9 Å². The molecule has 0 aliphatic carbocycles. The quantitative estimate of drug-likeness (QED) is 0.449. The van der Waals surface area contributed by atoms with Gasteiger partial charge in [-0.25, -0.2) is 0 Å². The molecule has 0 saturated heterocycles. The lowest BCUT2D eigenvalue weighted by Crippen LogP contribution is -1.85. The maximum absolute atomic E-state index is 3.86. The van der Waals surface area contributed by atoms with Gasteiger partial charge in [0, 0.05) is 6.20 Å². The number of thioether (sulfide) groups is 1. The van der Waals surface area contributed by atoms with Crippen molar-refractivity contribution in [2.45, 2.75) is 13.8 Å². The predicted octanol–water partition coefficient (Wildman–Crippen LogP) is 3.06. The molecule has 0 N–H and O–H groups in total. The molecule has 0 radical (unpaired) electrons. The van der Waals surface area contributed by atoms with Gasteiger partial charge < -0.3 is 0 Å². The number of allylic oxidation sites excluding steroid dienone is 1. The maximum Gasteiger partial charge on any atom is 0.0640 e. The van der Waals surface area contributed by atoms with Gasteiger partial charge in [-0.3, -0.25) is 4.99 Å². The normalized spacial score (nSPS) is 10.7. The second-order valence-electron chi connectivity index (χ2n) is 2.18. The van der Waals surface area contributed by atoms with E-state index in [4.69, 9.17) is 0 Å². The zero-order valence-corrected chi connectivity index (χ0v) is 7.32. The van der Waals surface area contributed by atoms with Crippen molar-refractivity contribution < 1.29 is 0 Å². The van der Waals surface area contributed by atoms with Crippen LogP contribution >= 0.6 is 11.8 Å². The van der Waals surface area contributed by atoms with E-state index in [0.29, 0.717) is 5.92 Å². The summed E-state index contributed by atoms with van der Waals surface area (Å²) < 4.78 is 0. The third-order valence-corrected chi connectivity index (χ3v) is 2.02. The van der Waals surface area contributed by atoms with Gasteiger partial charge in [-0.15, -0.1) is 0 Å². The first-order chi connectivity index (χ1) is 4.68. The topological polar surface area (TPSA) is 12.4 Å². The molecule has 0 rings (SSSR count). The minimum Gasteiger partial charge on any atom is -0.258 e. The molecule has 0 fully saturated rings. The first-order valence-corrected chi connectivity index (χ1v) is 4.04. The fourth-order valence-electron chi connectivity index (χ4n) is 0.277. The molecule has 0 aliphatic rings. The van der Waals surface area contributed by atoms with Gasteiger partial charge in [0.05, 0.1) is 5.55 Å². The van der Waals surface area contributed by atoms with Gasteiger partial charge >= 0.3 is 0 Å². The SMILES string of the molecule is C=C/N=C\SC(=C)C(C)C. The molecule has 0 aromatic carbocycles. The molecule has 0 bridgehead atoms. The molecule has 1 nitrogen and oxygen atoms in total. The van der Waals surface area contributed by atoms with Crippen LogP contribution in [-0.4, -0.2) is 5.55 Å². The second-order valence-corrected chi connectivity index (χ2v) is 3.15. The van der Waals surface area contributed by atoms with Crippen LogP contribution in [-0.2, 0) is 0 Å². The molecule has 0 saturated carbocycles. The van der Waals surface area contributed by atoms with Crippen molar-refractivity contribution >= 4 is 17.3 Å². The number of hydrogen-bond donors (Lipinski definition) is 0. The Morgan fingerprint density at radius 2 is 2.20 bits per heavy atom. The number of hydrogen-bond acceptors (Lipinski definition) is 2. The van der Waals surface area contributed by atoms with Crippen molar-refractivity contribution in [3.05, 3.63) is 24.3 Å². The summed E-state index contributed by atoms with van der Waals surface area (Å²) in [6.07, 6.45) is 1.51. The molecular weight excluding hydrogens is 142 g/mol. The Bertz CT molecular complexity index is 147. The van der Waals surface area contributed by atoms with Crippen LogP contribution in [0.4, 0.5) is 0 Å². The molecule has 0 atom stereocenters. The third kappa shape index (κ3) is 4.39. The van der Waals surface area contributed by atoms with Gasteiger partial charge in [-0.2, -0.15) is 0 Å². The zero-order valence-electron chi connectivity index (χ0n) is 6.50. The van der Waals surface area contributed by atoms with E-state index in [0.717, 1.165) is 4.91 Å². The van der Waals surface area contributed by atoms with Crippen molar-refractivity contribution in [3.63, 3.8) is 0 Å². The lowest BCUT2D eigenvalue weighted by Gasteiger charge is -2.02. The number of rotatable bonds is 4. The van der Waals surface area contributed by atoms with Crippen molar-refractivity contribution in [1.82, 2.24) is 0 Å². The summed E-state index contributed by atoms with van der Waals surface area (Å²) in [5.74, 6) is 0.515. The van der Waals surface area contributed by atoms with E-state index < -0.39 is 0 Å². The molecule has 0 amide bonds. The standard InChI is InChI=1S/C8H13NS/c1-5-9-6-10-8(4)7(2)3/h5-7H,1,4H2,2-3H3/b9-6-. The van der Waals surface area contributed by atoms with E-state index in [9.17, 15) is 0 Å². The summed E-state index contributed by atoms with van der Waals surface area (Å²) in [4.78, 5) is 4.97. The molecule has 56 valence electrons. The molecule has 0 heterocycles. The minimum absolute atomic E-state index is 0.515. The monoisotopic (exact) mass is 155 g/mol. The highest BCUT2D eigenvalue weighted by atomic mass is 32.2. The molecular formula is C8H13NS. The summed E-state index contributed by atoms with van der Waals surface area (Å²) in [6.45, 7) is 11.5. The van der Waals surface area contributed by atoms with Gasteiger partial charge in [0.15, 0.2) is 0 Å². The van der Waals surface area contributed by atoms with E-state index in [1.807, 2.05) is 0 Å². The summed E-state index contributed by atoms with van der Waals surface area (Å²) in [6, 6.07) is 0. The van der Waals surface area contributed by atoms with Crippen molar-refractivity contribution in [2.75, 3.05) is 0 Å². The van der Waals surface area contributed by atoms with Gasteiger partial charge in [0.1, 0.15) is 0 Å². The third-order valence-electron chi connectivity index (χ3n) is 1.01. The fourth-order valence-corrected chi connectivity index (χ4v) is 0.832. The predicted molar refractivity (Wildman–Crippen MR) is 50.3 cm³/mol. The summed E-state index contributed by atoms with van der Waals surface area (Å²) >= 11 is 1.55. The summed E-state index contributed by atoms with van der Waals surface area (Å²) in [7, 11) is 0. The Labute approximate surface area is 66.9 Å². The van der Waals surface area contributed by atoms with Crippen LogP contribution in [0.25, 0.3) is 0 Å². The Balaban J connectivity index is 3.59. The lowest BCUT2D eigenvalue weighted by atomic mass is 10.2. The van der Waals surface area contributed by atoms with Gasteiger partial charge in [-0.05, 0) is 10.8 Å². The van der Waals surface area contributed by atoms with Gasteiger partial charge in [-0.1, -0.05) is 38.8 Å². The highest BCUT2D eigenvalue weighted by molar-refractivity contribution is 8.15. The maximum atomic E-state index is 3.86. The Morgan fingerprint density at radius 1 is 1.60 bits per heavy atom. The van der Waals surface area contributed by atoms with Crippen LogP contribution in [0.1, 0.15) is 13.8 Å². The van der Waals surface area contributed by atoms with E-state index in [1.165, 1.54) is 6.20 Å². The van der Waals surface area contributed by atoms with E-state index in [2.05, 4.69) is 32.0 Å². The molecule has 0 aromatic rings.